The minimum absolute atomic E-state index is 0.720. The Morgan fingerprint density at radius 1 is 0.310 bits per heavy atom. The van der Waals surface area contributed by atoms with Crippen LogP contribution in [-0.2, 0) is 0 Å². The van der Waals surface area contributed by atoms with Crippen LogP contribution in [0.1, 0.15) is 0 Å². The van der Waals surface area contributed by atoms with Crippen LogP contribution >= 0.6 is 46.4 Å². The summed E-state index contributed by atoms with van der Waals surface area (Å²) in [5, 5.41) is 2.88. The number of hydrogen-bond acceptors (Lipinski definition) is 0. The van der Waals surface area contributed by atoms with Crippen molar-refractivity contribution in [3.05, 3.63) is 117 Å². The van der Waals surface area contributed by atoms with Crippen LogP contribution in [-0.4, -0.2) is 18.4 Å². The third-order valence-corrected chi connectivity index (χ3v) is 19.8. The van der Waals surface area contributed by atoms with Crippen molar-refractivity contribution < 1.29 is 0 Å². The van der Waals surface area contributed by atoms with Gasteiger partial charge in [-0.2, -0.15) is 0 Å². The van der Waals surface area contributed by atoms with Gasteiger partial charge in [0.15, 0.2) is 0 Å². The van der Waals surface area contributed by atoms with Gasteiger partial charge in [0.2, 0.25) is 0 Å². The molecule has 4 rings (SSSR count). The molecule has 5 heteroatoms. The summed E-state index contributed by atoms with van der Waals surface area (Å²) in [5.74, 6) is 0. The Morgan fingerprint density at radius 2 is 0.483 bits per heavy atom. The van der Waals surface area contributed by atoms with Gasteiger partial charge in [0.05, 0.1) is 0 Å². The Hall–Kier alpha value is -1.16. The fraction of sp³-hybridized carbons (Fsp3) is 0. The first-order valence-corrected chi connectivity index (χ1v) is 16.3. The molecule has 0 nitrogen and oxygen atoms in total. The van der Waals surface area contributed by atoms with Crippen molar-refractivity contribution in [3.63, 3.8) is 0 Å². The summed E-state index contributed by atoms with van der Waals surface area (Å²) in [6, 6.07) is 32.9. The average molecular weight is 565 g/mol. The fourth-order valence-electron chi connectivity index (χ4n) is 3.80. The van der Waals surface area contributed by atoms with E-state index in [1.807, 2.05) is 48.5 Å². The zero-order chi connectivity index (χ0) is 20.4. The second-order valence-electron chi connectivity index (χ2n) is 6.78. The summed E-state index contributed by atoms with van der Waals surface area (Å²) in [6.07, 6.45) is 0. The molecule has 144 valence electrons. The second-order valence-corrected chi connectivity index (χ2v) is 19.4. The zero-order valence-electron chi connectivity index (χ0n) is 15.2. The van der Waals surface area contributed by atoms with E-state index in [-0.39, 0.29) is 0 Å². The van der Waals surface area contributed by atoms with Crippen LogP contribution in [0.5, 0.6) is 0 Å². The van der Waals surface area contributed by atoms with E-state index >= 15 is 0 Å². The van der Waals surface area contributed by atoms with E-state index in [0.717, 1.165) is 20.1 Å². The molecule has 4 aromatic carbocycles. The summed E-state index contributed by atoms with van der Waals surface area (Å²) < 4.78 is 5.15. The second kappa shape index (κ2) is 8.91. The first kappa shape index (κ1) is 21.1. The van der Waals surface area contributed by atoms with E-state index in [1.165, 1.54) is 14.3 Å². The standard InChI is InChI=1S/4C6H4Cl.Sn/c4*7-6-4-2-1-3-5-6;/h4*2-5H;. The molecular formula is C24H16Cl4Sn. The van der Waals surface area contributed by atoms with Crippen molar-refractivity contribution in [1.82, 2.24) is 0 Å². The quantitative estimate of drug-likeness (QED) is 0.280. The molecule has 0 unspecified atom stereocenters. The molecule has 0 fully saturated rings. The third-order valence-electron chi connectivity index (χ3n) is 5.11. The molecule has 4 aromatic rings. The number of halogens is 4. The van der Waals surface area contributed by atoms with Crippen molar-refractivity contribution in [2.75, 3.05) is 0 Å². The van der Waals surface area contributed by atoms with Crippen LogP contribution < -0.4 is 14.3 Å². The molecule has 0 spiro atoms. The van der Waals surface area contributed by atoms with Gasteiger partial charge >= 0.3 is 196 Å². The van der Waals surface area contributed by atoms with Gasteiger partial charge in [0, 0.05) is 0 Å². The van der Waals surface area contributed by atoms with E-state index in [0.29, 0.717) is 0 Å². The molecular weight excluding hydrogens is 549 g/mol. The van der Waals surface area contributed by atoms with E-state index < -0.39 is 18.4 Å². The molecule has 29 heavy (non-hydrogen) atoms. The molecule has 0 saturated heterocycles. The van der Waals surface area contributed by atoms with E-state index in [9.17, 15) is 0 Å². The van der Waals surface area contributed by atoms with Gasteiger partial charge in [0.25, 0.3) is 0 Å². The Labute approximate surface area is 194 Å². The first-order valence-electron chi connectivity index (χ1n) is 9.04. The van der Waals surface area contributed by atoms with E-state index in [2.05, 4.69) is 48.5 Å². The summed E-state index contributed by atoms with van der Waals surface area (Å²) in [5.41, 5.74) is 0. The Morgan fingerprint density at radius 3 is 0.655 bits per heavy atom. The van der Waals surface area contributed by atoms with E-state index in [4.69, 9.17) is 46.4 Å². The topological polar surface area (TPSA) is 0 Å². The molecule has 0 amide bonds. The van der Waals surface area contributed by atoms with Crippen molar-refractivity contribution in [2.24, 2.45) is 0 Å². The Balaban J connectivity index is 2.11. The predicted octanol–water partition coefficient (Wildman–Crippen LogP) is 5.68. The van der Waals surface area contributed by atoms with Crippen molar-refractivity contribution in [1.29, 1.82) is 0 Å². The fourth-order valence-corrected chi connectivity index (χ4v) is 17.6. The predicted molar refractivity (Wildman–Crippen MR) is 130 cm³/mol. The van der Waals surface area contributed by atoms with Crippen molar-refractivity contribution in [2.45, 2.75) is 0 Å². The van der Waals surface area contributed by atoms with Crippen LogP contribution in [0.2, 0.25) is 20.1 Å². The Bertz CT molecular complexity index is 916. The van der Waals surface area contributed by atoms with Crippen LogP contribution in [0.4, 0.5) is 0 Å². The van der Waals surface area contributed by atoms with Gasteiger partial charge in [-0.05, 0) is 0 Å². The Kier molecular flexibility index (Phi) is 6.48. The molecule has 0 saturated carbocycles. The van der Waals surface area contributed by atoms with Crippen molar-refractivity contribution >= 4 is 79.1 Å². The maximum absolute atomic E-state index is 6.23. The normalized spacial score (nSPS) is 11.4. The molecule has 0 aliphatic carbocycles. The first-order chi connectivity index (χ1) is 14.0. The van der Waals surface area contributed by atoms with Gasteiger partial charge < -0.3 is 0 Å². The molecule has 0 atom stereocenters. The molecule has 0 bridgehead atoms. The van der Waals surface area contributed by atoms with Gasteiger partial charge in [0.1, 0.15) is 0 Å². The summed E-state index contributed by atoms with van der Waals surface area (Å²) in [7, 11) is 0. The summed E-state index contributed by atoms with van der Waals surface area (Å²) in [4.78, 5) is 0. The maximum atomic E-state index is 6.23. The molecule has 0 aliphatic heterocycles. The SMILES string of the molecule is Clc1cc[c]([Sn]([c]2ccc(Cl)cc2)([c]2ccc(Cl)cc2)[c]2ccc(Cl)cc2)cc1. The third kappa shape index (κ3) is 4.19. The van der Waals surface area contributed by atoms with E-state index in [1.54, 1.807) is 0 Å². The number of rotatable bonds is 4. The number of hydrogen-bond donors (Lipinski definition) is 0. The monoisotopic (exact) mass is 564 g/mol. The minimum atomic E-state index is -3.67. The van der Waals surface area contributed by atoms with Gasteiger partial charge in [-0.3, -0.25) is 0 Å². The summed E-state index contributed by atoms with van der Waals surface area (Å²) >= 11 is 21.3. The molecule has 0 heterocycles. The van der Waals surface area contributed by atoms with Gasteiger partial charge in [-0.15, -0.1) is 0 Å². The average Bonchev–Trinajstić information content (AvgIpc) is 2.73. The van der Waals surface area contributed by atoms with Crippen LogP contribution in [0, 0.1) is 0 Å². The molecule has 0 radical (unpaired) electrons. The number of benzene rings is 4. The van der Waals surface area contributed by atoms with Crippen LogP contribution in [0.25, 0.3) is 0 Å². The molecule has 0 aliphatic rings. The van der Waals surface area contributed by atoms with Crippen LogP contribution in [0.3, 0.4) is 0 Å². The molecule has 0 aromatic heterocycles. The summed E-state index contributed by atoms with van der Waals surface area (Å²) in [6.45, 7) is 0. The molecule has 0 N–H and O–H groups in total. The zero-order valence-corrected chi connectivity index (χ0v) is 21.1. The van der Waals surface area contributed by atoms with Crippen LogP contribution in [0.15, 0.2) is 97.1 Å². The van der Waals surface area contributed by atoms with Gasteiger partial charge in [-0.1, -0.05) is 0 Å². The van der Waals surface area contributed by atoms with Crippen molar-refractivity contribution in [3.8, 4) is 0 Å². The van der Waals surface area contributed by atoms with Gasteiger partial charge in [-0.25, -0.2) is 0 Å².